The van der Waals surface area contributed by atoms with Gasteiger partial charge < -0.3 is 9.88 Å². The molecule has 0 atom stereocenters. The Bertz CT molecular complexity index is 1290. The summed E-state index contributed by atoms with van der Waals surface area (Å²) in [5.41, 5.74) is 3.29. The van der Waals surface area contributed by atoms with E-state index in [9.17, 15) is 14.4 Å². The van der Waals surface area contributed by atoms with Crippen molar-refractivity contribution in [2.45, 2.75) is 20.4 Å². The van der Waals surface area contributed by atoms with E-state index in [0.717, 1.165) is 22.2 Å². The van der Waals surface area contributed by atoms with Crippen molar-refractivity contribution in [2.24, 2.45) is 0 Å². The van der Waals surface area contributed by atoms with Crippen molar-refractivity contribution >= 4 is 57.7 Å². The van der Waals surface area contributed by atoms with E-state index >= 15 is 0 Å². The molecule has 2 heterocycles. The van der Waals surface area contributed by atoms with Gasteiger partial charge in [0.15, 0.2) is 5.11 Å². The number of likely N-dealkylation sites (N-methyl/N-ethyl adjacent to an activating group) is 1. The smallest absolute Gasteiger partial charge is 0.265 e. The minimum absolute atomic E-state index is 0.00700. The van der Waals surface area contributed by atoms with Crippen LogP contribution < -0.4 is 10.6 Å². The van der Waals surface area contributed by atoms with Crippen LogP contribution in [0.2, 0.25) is 0 Å². The second-order valence-corrected chi connectivity index (χ2v) is 7.90. The highest BCUT2D eigenvalue weighted by molar-refractivity contribution is 7.80. The molecule has 1 aromatic heterocycles. The summed E-state index contributed by atoms with van der Waals surface area (Å²) in [6.07, 6.45) is 3.33. The topological polar surface area (TPSA) is 83.4 Å². The van der Waals surface area contributed by atoms with Gasteiger partial charge in [-0.2, -0.15) is 0 Å². The summed E-state index contributed by atoms with van der Waals surface area (Å²) >= 11 is 5.09. The zero-order valence-corrected chi connectivity index (χ0v) is 18.5. The first-order chi connectivity index (χ1) is 15.4. The number of thiocarbonyl (C=S) groups is 1. The molecule has 7 nitrogen and oxygen atoms in total. The fourth-order valence-corrected chi connectivity index (χ4v) is 4.04. The Labute approximate surface area is 190 Å². The standard InChI is InChI=1S/C24H22N4O3S/c1-3-28-23(31)19(22(30)26-24(28)32)12-16-13-27(20-10-5-4-9-18(16)20)14-21(29)25-17-8-6-7-15(2)11-17/h4-13H,3,14H2,1-2H3,(H,25,29)(H,26,30,32)/b19-12+. The molecule has 1 aliphatic rings. The number of aromatic nitrogens is 1. The molecular weight excluding hydrogens is 424 g/mol. The predicted molar refractivity (Wildman–Crippen MR) is 128 cm³/mol. The summed E-state index contributed by atoms with van der Waals surface area (Å²) < 4.78 is 1.81. The third kappa shape index (κ3) is 4.17. The number of hydrogen-bond donors (Lipinski definition) is 2. The number of hydrogen-bond acceptors (Lipinski definition) is 4. The van der Waals surface area contributed by atoms with Crippen LogP contribution in [0, 0.1) is 6.92 Å². The van der Waals surface area contributed by atoms with Crippen LogP contribution in [0.1, 0.15) is 18.1 Å². The number of carbonyl (C=O) groups excluding carboxylic acids is 3. The van der Waals surface area contributed by atoms with E-state index in [2.05, 4.69) is 10.6 Å². The number of rotatable bonds is 5. The molecule has 4 rings (SSSR count). The highest BCUT2D eigenvalue weighted by Crippen LogP contribution is 2.25. The maximum Gasteiger partial charge on any atom is 0.265 e. The number of carbonyl (C=O) groups is 3. The van der Waals surface area contributed by atoms with Crippen LogP contribution in [0.3, 0.4) is 0 Å². The van der Waals surface area contributed by atoms with Gasteiger partial charge in [0.05, 0.1) is 0 Å². The van der Waals surface area contributed by atoms with Gasteiger partial charge in [-0.3, -0.25) is 24.6 Å². The highest BCUT2D eigenvalue weighted by atomic mass is 32.1. The zero-order chi connectivity index (χ0) is 22.8. The number of nitrogens with zero attached hydrogens (tertiary/aromatic N) is 2. The van der Waals surface area contributed by atoms with Crippen LogP contribution in [0.4, 0.5) is 5.69 Å². The Hall–Kier alpha value is -3.78. The van der Waals surface area contributed by atoms with Crippen LogP contribution in [0.15, 0.2) is 60.3 Å². The largest absolute Gasteiger partial charge is 0.337 e. The molecule has 32 heavy (non-hydrogen) atoms. The van der Waals surface area contributed by atoms with Crippen LogP contribution in [0.25, 0.3) is 17.0 Å². The maximum atomic E-state index is 12.8. The third-order valence-corrected chi connectivity index (χ3v) is 5.56. The van der Waals surface area contributed by atoms with Crippen molar-refractivity contribution < 1.29 is 14.4 Å². The van der Waals surface area contributed by atoms with Crippen molar-refractivity contribution in [1.82, 2.24) is 14.8 Å². The predicted octanol–water partition coefficient (Wildman–Crippen LogP) is 3.24. The molecule has 3 amide bonds. The molecule has 3 aromatic rings. The first kappa shape index (κ1) is 21.5. The summed E-state index contributed by atoms with van der Waals surface area (Å²) in [5.74, 6) is -1.14. The van der Waals surface area contributed by atoms with Gasteiger partial charge in [-0.05, 0) is 55.9 Å². The Morgan fingerprint density at radius 2 is 1.94 bits per heavy atom. The van der Waals surface area contributed by atoms with E-state index in [4.69, 9.17) is 12.2 Å². The van der Waals surface area contributed by atoms with Crippen molar-refractivity contribution in [3.63, 3.8) is 0 Å². The average molecular weight is 447 g/mol. The van der Waals surface area contributed by atoms with Crippen molar-refractivity contribution in [1.29, 1.82) is 0 Å². The maximum absolute atomic E-state index is 12.8. The molecule has 0 aliphatic carbocycles. The van der Waals surface area contributed by atoms with Crippen molar-refractivity contribution in [3.05, 3.63) is 71.4 Å². The van der Waals surface area contributed by atoms with Gasteiger partial charge in [0.1, 0.15) is 12.1 Å². The SMILES string of the molecule is CCN1C(=O)/C(=C/c2cn(CC(=O)Nc3cccc(C)c3)c3ccccc23)C(=O)NC1=S. The summed E-state index contributed by atoms with van der Waals surface area (Å²) in [6.45, 7) is 4.20. The monoisotopic (exact) mass is 446 g/mol. The molecule has 1 fully saturated rings. The molecule has 2 N–H and O–H groups in total. The van der Waals surface area contributed by atoms with E-state index in [1.807, 2.05) is 55.5 Å². The van der Waals surface area contributed by atoms with E-state index in [1.54, 1.807) is 23.8 Å². The van der Waals surface area contributed by atoms with Gasteiger partial charge >= 0.3 is 0 Å². The number of fused-ring (bicyclic) bond motifs is 1. The first-order valence-corrected chi connectivity index (χ1v) is 10.6. The fourth-order valence-electron chi connectivity index (χ4n) is 3.74. The molecule has 0 radical (unpaired) electrons. The quantitative estimate of drug-likeness (QED) is 0.358. The molecule has 1 saturated heterocycles. The number of aryl methyl sites for hydroxylation is 1. The minimum Gasteiger partial charge on any atom is -0.337 e. The van der Waals surface area contributed by atoms with Gasteiger partial charge in [0, 0.05) is 34.9 Å². The molecular formula is C24H22N4O3S. The highest BCUT2D eigenvalue weighted by Gasteiger charge is 2.32. The second kappa shape index (κ2) is 8.76. The van der Waals surface area contributed by atoms with Gasteiger partial charge in [-0.1, -0.05) is 30.3 Å². The fraction of sp³-hybridized carbons (Fsp3) is 0.167. The number of para-hydroxylation sites is 1. The number of amides is 3. The average Bonchev–Trinajstić information content (AvgIpc) is 3.08. The molecule has 1 aliphatic heterocycles. The van der Waals surface area contributed by atoms with Gasteiger partial charge in [0.2, 0.25) is 5.91 Å². The Kier molecular flexibility index (Phi) is 5.87. The lowest BCUT2D eigenvalue weighted by Gasteiger charge is -2.27. The van der Waals surface area contributed by atoms with E-state index < -0.39 is 11.8 Å². The molecule has 0 saturated carbocycles. The molecule has 0 bridgehead atoms. The summed E-state index contributed by atoms with van der Waals surface area (Å²) in [5, 5.41) is 6.40. The number of anilines is 1. The van der Waals surface area contributed by atoms with E-state index in [-0.39, 0.29) is 23.1 Å². The van der Waals surface area contributed by atoms with Gasteiger partial charge in [-0.15, -0.1) is 0 Å². The van der Waals surface area contributed by atoms with Crippen LogP contribution in [-0.4, -0.2) is 38.8 Å². The van der Waals surface area contributed by atoms with Crippen LogP contribution in [-0.2, 0) is 20.9 Å². The van der Waals surface area contributed by atoms with Gasteiger partial charge in [-0.25, -0.2) is 0 Å². The zero-order valence-electron chi connectivity index (χ0n) is 17.7. The molecule has 0 spiro atoms. The second-order valence-electron chi connectivity index (χ2n) is 7.51. The summed E-state index contributed by atoms with van der Waals surface area (Å²) in [6, 6.07) is 15.1. The Balaban J connectivity index is 1.66. The first-order valence-electron chi connectivity index (χ1n) is 10.2. The molecule has 0 unspecified atom stereocenters. The summed E-state index contributed by atoms with van der Waals surface area (Å²) in [4.78, 5) is 39.2. The normalized spacial score (nSPS) is 15.4. The molecule has 162 valence electrons. The molecule has 2 aromatic carbocycles. The lowest BCUT2D eigenvalue weighted by Crippen LogP contribution is -2.53. The van der Waals surface area contributed by atoms with Crippen molar-refractivity contribution in [2.75, 3.05) is 11.9 Å². The third-order valence-electron chi connectivity index (χ3n) is 5.24. The van der Waals surface area contributed by atoms with Crippen LogP contribution >= 0.6 is 12.2 Å². The van der Waals surface area contributed by atoms with Gasteiger partial charge in [0.25, 0.3) is 11.8 Å². The Morgan fingerprint density at radius 1 is 1.16 bits per heavy atom. The number of nitrogens with one attached hydrogen (secondary N) is 2. The van der Waals surface area contributed by atoms with E-state index in [1.165, 1.54) is 4.90 Å². The number of benzene rings is 2. The summed E-state index contributed by atoms with van der Waals surface area (Å²) in [7, 11) is 0. The lowest BCUT2D eigenvalue weighted by molar-refractivity contribution is -0.128. The minimum atomic E-state index is -0.529. The molecule has 8 heteroatoms. The lowest BCUT2D eigenvalue weighted by atomic mass is 10.1. The van der Waals surface area contributed by atoms with Crippen molar-refractivity contribution in [3.8, 4) is 0 Å². The van der Waals surface area contributed by atoms with Crippen LogP contribution in [0.5, 0.6) is 0 Å². The Morgan fingerprint density at radius 3 is 2.69 bits per heavy atom. The van der Waals surface area contributed by atoms with E-state index in [0.29, 0.717) is 12.1 Å².